The van der Waals surface area contributed by atoms with E-state index in [-0.39, 0.29) is 23.1 Å². The van der Waals surface area contributed by atoms with Crippen molar-refractivity contribution < 1.29 is 18.1 Å². The van der Waals surface area contributed by atoms with Crippen LogP contribution >= 0.6 is 0 Å². The van der Waals surface area contributed by atoms with E-state index in [2.05, 4.69) is 10.1 Å². The van der Waals surface area contributed by atoms with Crippen molar-refractivity contribution in [2.24, 2.45) is 0 Å². The summed E-state index contributed by atoms with van der Waals surface area (Å²) in [6.45, 7) is 1.46. The van der Waals surface area contributed by atoms with E-state index >= 15 is 0 Å². The third-order valence-corrected chi connectivity index (χ3v) is 2.28. The molecule has 0 N–H and O–H groups in total. The van der Waals surface area contributed by atoms with Crippen LogP contribution in [0, 0.1) is 11.6 Å². The zero-order chi connectivity index (χ0) is 13.1. The summed E-state index contributed by atoms with van der Waals surface area (Å²) in [5.41, 5.74) is 0.199. The molecular formula is C12H10F2N2O2. The number of Topliss-reactive ketones (excluding diaryl/α,β-unsaturated/α-hetero) is 1. The first-order valence-electron chi connectivity index (χ1n) is 5.33. The highest BCUT2D eigenvalue weighted by Crippen LogP contribution is 2.19. The zero-order valence-electron chi connectivity index (χ0n) is 9.61. The van der Waals surface area contributed by atoms with Gasteiger partial charge in [-0.2, -0.15) is 4.98 Å². The predicted octanol–water partition coefficient (Wildman–Crippen LogP) is 2.54. The fourth-order valence-corrected chi connectivity index (χ4v) is 1.44. The number of halogens is 2. The summed E-state index contributed by atoms with van der Waals surface area (Å²) in [7, 11) is 0. The van der Waals surface area contributed by atoms with Gasteiger partial charge in [-0.1, -0.05) is 5.16 Å². The fraction of sp³-hybridized carbons (Fsp3) is 0.250. The Morgan fingerprint density at radius 3 is 2.56 bits per heavy atom. The van der Waals surface area contributed by atoms with Gasteiger partial charge in [0.2, 0.25) is 11.7 Å². The van der Waals surface area contributed by atoms with E-state index in [1.807, 2.05) is 0 Å². The van der Waals surface area contributed by atoms with Crippen LogP contribution in [0.1, 0.15) is 19.2 Å². The van der Waals surface area contributed by atoms with Crippen LogP contribution in [0.15, 0.2) is 22.7 Å². The number of ketones is 1. The second kappa shape index (κ2) is 5.03. The number of carbonyl (C=O) groups is 1. The highest BCUT2D eigenvalue weighted by molar-refractivity contribution is 5.75. The number of rotatable bonds is 4. The highest BCUT2D eigenvalue weighted by Gasteiger charge is 2.11. The first kappa shape index (κ1) is 12.3. The molecule has 1 heterocycles. The second-order valence-electron chi connectivity index (χ2n) is 3.87. The van der Waals surface area contributed by atoms with Crippen molar-refractivity contribution in [1.29, 1.82) is 0 Å². The Bertz CT molecular complexity index is 561. The van der Waals surface area contributed by atoms with Crippen LogP contribution in [-0.4, -0.2) is 15.9 Å². The number of benzene rings is 1. The summed E-state index contributed by atoms with van der Waals surface area (Å²) in [6.07, 6.45) is 0.610. The zero-order valence-corrected chi connectivity index (χ0v) is 9.61. The number of nitrogens with zero attached hydrogens (tertiary/aromatic N) is 2. The maximum Gasteiger partial charge on any atom is 0.227 e. The van der Waals surface area contributed by atoms with Crippen LogP contribution in [0.2, 0.25) is 0 Å². The van der Waals surface area contributed by atoms with Gasteiger partial charge in [0.25, 0.3) is 0 Å². The Balaban J connectivity index is 2.21. The predicted molar refractivity (Wildman–Crippen MR) is 58.7 cm³/mol. The first-order chi connectivity index (χ1) is 8.54. The van der Waals surface area contributed by atoms with Crippen LogP contribution in [0.4, 0.5) is 8.78 Å². The van der Waals surface area contributed by atoms with Crippen LogP contribution in [0.3, 0.4) is 0 Å². The minimum Gasteiger partial charge on any atom is -0.339 e. The van der Waals surface area contributed by atoms with Gasteiger partial charge < -0.3 is 9.32 Å². The Morgan fingerprint density at radius 2 is 1.94 bits per heavy atom. The van der Waals surface area contributed by atoms with Gasteiger partial charge in [0.1, 0.15) is 17.4 Å². The highest BCUT2D eigenvalue weighted by atomic mass is 19.1. The van der Waals surface area contributed by atoms with Gasteiger partial charge in [0.15, 0.2) is 0 Å². The molecule has 0 unspecified atom stereocenters. The molecule has 4 nitrogen and oxygen atoms in total. The van der Waals surface area contributed by atoms with Crippen molar-refractivity contribution in [1.82, 2.24) is 10.1 Å². The van der Waals surface area contributed by atoms with Crippen molar-refractivity contribution >= 4 is 5.78 Å². The minimum absolute atomic E-state index is 0.00606. The van der Waals surface area contributed by atoms with Gasteiger partial charge >= 0.3 is 0 Å². The molecule has 0 atom stereocenters. The molecule has 0 bridgehead atoms. The topological polar surface area (TPSA) is 56.0 Å². The van der Waals surface area contributed by atoms with E-state index < -0.39 is 11.6 Å². The molecule has 6 heteroatoms. The van der Waals surface area contributed by atoms with Gasteiger partial charge in [-0.3, -0.25) is 0 Å². The monoisotopic (exact) mass is 252 g/mol. The molecule has 0 aliphatic rings. The molecule has 2 aromatic rings. The smallest absolute Gasteiger partial charge is 0.227 e. The quantitative estimate of drug-likeness (QED) is 0.839. The van der Waals surface area contributed by atoms with E-state index in [9.17, 15) is 13.6 Å². The van der Waals surface area contributed by atoms with Gasteiger partial charge in [0.05, 0.1) is 0 Å². The standard InChI is InChI=1S/C12H10F2N2O2/c1-7(17)2-3-11-15-12(16-18-11)8-4-9(13)6-10(14)5-8/h4-6H,2-3H2,1H3. The number of aromatic nitrogens is 2. The van der Waals surface area contributed by atoms with Crippen molar-refractivity contribution in [3.63, 3.8) is 0 Å². The van der Waals surface area contributed by atoms with Crippen molar-refractivity contribution in [2.45, 2.75) is 19.8 Å². The van der Waals surface area contributed by atoms with Gasteiger partial charge in [-0.15, -0.1) is 0 Å². The van der Waals surface area contributed by atoms with E-state index in [1.54, 1.807) is 0 Å². The molecule has 0 amide bonds. The molecule has 1 aromatic heterocycles. The Labute approximate surface area is 102 Å². The maximum absolute atomic E-state index is 13.0. The molecular weight excluding hydrogens is 242 g/mol. The fourth-order valence-electron chi connectivity index (χ4n) is 1.44. The normalized spacial score (nSPS) is 10.6. The van der Waals surface area contributed by atoms with Crippen molar-refractivity contribution in [3.8, 4) is 11.4 Å². The molecule has 0 spiro atoms. The number of carbonyl (C=O) groups excluding carboxylic acids is 1. The Hall–Kier alpha value is -2.11. The molecule has 1 aromatic carbocycles. The molecule has 94 valence electrons. The second-order valence-corrected chi connectivity index (χ2v) is 3.87. The lowest BCUT2D eigenvalue weighted by atomic mass is 10.2. The summed E-state index contributed by atoms with van der Waals surface area (Å²) < 4.78 is 30.9. The first-order valence-corrected chi connectivity index (χ1v) is 5.33. The molecule has 0 aliphatic heterocycles. The van der Waals surface area contributed by atoms with E-state index in [0.29, 0.717) is 12.8 Å². The summed E-state index contributed by atoms with van der Waals surface area (Å²) in [5.74, 6) is -1.04. The maximum atomic E-state index is 13.0. The van der Waals surface area contributed by atoms with Crippen molar-refractivity contribution in [2.75, 3.05) is 0 Å². The lowest BCUT2D eigenvalue weighted by molar-refractivity contribution is -0.117. The molecule has 0 radical (unpaired) electrons. The van der Waals surface area contributed by atoms with Gasteiger partial charge in [0, 0.05) is 24.5 Å². The minimum atomic E-state index is -0.708. The summed E-state index contributed by atoms with van der Waals surface area (Å²) in [5, 5.41) is 3.62. The van der Waals surface area contributed by atoms with Gasteiger partial charge in [-0.05, 0) is 19.1 Å². The summed E-state index contributed by atoms with van der Waals surface area (Å²) in [4.78, 5) is 14.8. The Morgan fingerprint density at radius 1 is 1.28 bits per heavy atom. The number of hydrogen-bond donors (Lipinski definition) is 0. The lowest BCUT2D eigenvalue weighted by Gasteiger charge is -1.95. The van der Waals surface area contributed by atoms with Crippen LogP contribution < -0.4 is 0 Å². The number of hydrogen-bond acceptors (Lipinski definition) is 4. The molecule has 2 rings (SSSR count). The molecule has 0 saturated carbocycles. The van der Waals surface area contributed by atoms with Crippen LogP contribution in [0.5, 0.6) is 0 Å². The molecule has 18 heavy (non-hydrogen) atoms. The van der Waals surface area contributed by atoms with Crippen molar-refractivity contribution in [3.05, 3.63) is 35.7 Å². The third-order valence-electron chi connectivity index (χ3n) is 2.28. The van der Waals surface area contributed by atoms with E-state index in [1.165, 1.54) is 6.92 Å². The molecule has 0 aliphatic carbocycles. The SMILES string of the molecule is CC(=O)CCc1nc(-c2cc(F)cc(F)c2)no1. The lowest BCUT2D eigenvalue weighted by Crippen LogP contribution is -1.94. The largest absolute Gasteiger partial charge is 0.339 e. The van der Waals surface area contributed by atoms with E-state index in [0.717, 1.165) is 18.2 Å². The number of aryl methyl sites for hydroxylation is 1. The summed E-state index contributed by atoms with van der Waals surface area (Å²) >= 11 is 0. The average molecular weight is 252 g/mol. The average Bonchev–Trinajstić information content (AvgIpc) is 2.73. The van der Waals surface area contributed by atoms with E-state index in [4.69, 9.17) is 4.52 Å². The molecule has 0 fully saturated rings. The molecule has 0 saturated heterocycles. The van der Waals surface area contributed by atoms with Crippen LogP contribution in [0.25, 0.3) is 11.4 Å². The third kappa shape index (κ3) is 2.97. The van der Waals surface area contributed by atoms with Gasteiger partial charge in [-0.25, -0.2) is 8.78 Å². The Kier molecular flexibility index (Phi) is 3.45. The van der Waals surface area contributed by atoms with Crippen LogP contribution in [-0.2, 0) is 11.2 Å². The summed E-state index contributed by atoms with van der Waals surface area (Å²) in [6, 6.07) is 2.99.